The number of hydrazine groups is 2. The smallest absolute Gasteiger partial charge is 0.406 e. The number of hydrogen-bond acceptors (Lipinski definition) is 7. The quantitative estimate of drug-likeness (QED) is 0.400. The van der Waals surface area contributed by atoms with Crippen molar-refractivity contribution < 1.29 is 27.5 Å². The molecule has 1 atom stereocenters. The van der Waals surface area contributed by atoms with Crippen LogP contribution in [-0.2, 0) is 4.79 Å². The number of ether oxygens (including phenoxy) is 1. The SMILES string of the molecule is CC1=NNC(C=O)N(NNC(=O)/N=C(\C)c2ccc(OC(F)(F)F)cc2)C1. The van der Waals surface area contributed by atoms with Gasteiger partial charge in [-0.15, -0.1) is 13.2 Å². The molecule has 3 N–H and O–H groups in total. The van der Waals surface area contributed by atoms with E-state index in [4.69, 9.17) is 0 Å². The van der Waals surface area contributed by atoms with Gasteiger partial charge in [-0.2, -0.15) is 20.6 Å². The van der Waals surface area contributed by atoms with Gasteiger partial charge in [-0.05, 0) is 43.7 Å². The van der Waals surface area contributed by atoms with E-state index in [0.717, 1.165) is 12.1 Å². The van der Waals surface area contributed by atoms with Crippen molar-refractivity contribution in [3.8, 4) is 5.75 Å². The van der Waals surface area contributed by atoms with Crippen LogP contribution in [-0.4, -0.2) is 47.8 Å². The van der Waals surface area contributed by atoms with Crippen molar-refractivity contribution in [2.45, 2.75) is 26.4 Å². The van der Waals surface area contributed by atoms with E-state index >= 15 is 0 Å². The number of rotatable bonds is 5. The Balaban J connectivity index is 1.94. The van der Waals surface area contributed by atoms with Crippen molar-refractivity contribution in [1.29, 1.82) is 0 Å². The Morgan fingerprint density at radius 1 is 1.41 bits per heavy atom. The van der Waals surface area contributed by atoms with Crippen molar-refractivity contribution in [3.05, 3.63) is 29.8 Å². The summed E-state index contributed by atoms with van der Waals surface area (Å²) in [6.45, 7) is 3.55. The van der Waals surface area contributed by atoms with E-state index < -0.39 is 18.6 Å². The van der Waals surface area contributed by atoms with Gasteiger partial charge in [-0.3, -0.25) is 15.6 Å². The number of alkyl halides is 3. The van der Waals surface area contributed by atoms with Gasteiger partial charge in [0, 0.05) is 0 Å². The zero-order valence-corrected chi connectivity index (χ0v) is 14.4. The molecule has 0 saturated heterocycles. The van der Waals surface area contributed by atoms with E-state index in [1.54, 1.807) is 6.92 Å². The minimum Gasteiger partial charge on any atom is -0.406 e. The third-order valence-corrected chi connectivity index (χ3v) is 3.33. The van der Waals surface area contributed by atoms with Crippen molar-refractivity contribution in [1.82, 2.24) is 21.4 Å². The number of benzene rings is 1. The zero-order chi connectivity index (χ0) is 20.0. The average molecular weight is 386 g/mol. The fraction of sp³-hybridized carbons (Fsp3) is 0.333. The number of halogens is 3. The number of urea groups is 1. The molecule has 1 unspecified atom stereocenters. The molecule has 1 aromatic rings. The van der Waals surface area contributed by atoms with Gasteiger partial charge in [-0.25, -0.2) is 4.79 Å². The van der Waals surface area contributed by atoms with Crippen LogP contribution < -0.4 is 21.1 Å². The maximum Gasteiger partial charge on any atom is 0.573 e. The van der Waals surface area contributed by atoms with Gasteiger partial charge >= 0.3 is 12.4 Å². The van der Waals surface area contributed by atoms with E-state index in [2.05, 4.69) is 31.2 Å². The molecule has 9 nitrogen and oxygen atoms in total. The Bertz CT molecular complexity index is 748. The van der Waals surface area contributed by atoms with E-state index in [9.17, 15) is 22.8 Å². The van der Waals surface area contributed by atoms with Crippen molar-refractivity contribution in [2.24, 2.45) is 10.1 Å². The summed E-state index contributed by atoms with van der Waals surface area (Å²) in [5.74, 6) is -0.375. The molecule has 0 aliphatic carbocycles. The number of aldehydes is 1. The first-order chi connectivity index (χ1) is 12.7. The van der Waals surface area contributed by atoms with Gasteiger partial charge in [0.1, 0.15) is 5.75 Å². The van der Waals surface area contributed by atoms with Gasteiger partial charge in [0.05, 0.1) is 18.0 Å². The second-order valence-corrected chi connectivity index (χ2v) is 5.50. The molecule has 0 aromatic heterocycles. The molecule has 146 valence electrons. The lowest BCUT2D eigenvalue weighted by Crippen LogP contribution is -2.61. The fourth-order valence-electron chi connectivity index (χ4n) is 2.10. The summed E-state index contributed by atoms with van der Waals surface area (Å²) in [5.41, 5.74) is 8.84. The van der Waals surface area contributed by atoms with Crippen LogP contribution in [0.3, 0.4) is 0 Å². The molecule has 0 radical (unpaired) electrons. The molecule has 0 bridgehead atoms. The van der Waals surface area contributed by atoms with E-state index in [0.29, 0.717) is 24.1 Å². The van der Waals surface area contributed by atoms with Crippen LogP contribution in [0.2, 0.25) is 0 Å². The lowest BCUT2D eigenvalue weighted by atomic mass is 10.1. The van der Waals surface area contributed by atoms with Crippen LogP contribution in [0.25, 0.3) is 0 Å². The molecule has 2 amide bonds. The minimum absolute atomic E-state index is 0.273. The van der Waals surface area contributed by atoms with Gasteiger partial charge in [0.15, 0.2) is 12.5 Å². The van der Waals surface area contributed by atoms with Gasteiger partial charge < -0.3 is 4.74 Å². The topological polar surface area (TPSA) is 107 Å². The molecule has 12 heteroatoms. The third-order valence-electron chi connectivity index (χ3n) is 3.33. The number of carbonyl (C=O) groups is 2. The number of hydrazone groups is 1. The highest BCUT2D eigenvalue weighted by Crippen LogP contribution is 2.22. The first kappa shape index (κ1) is 20.3. The highest BCUT2D eigenvalue weighted by Gasteiger charge is 2.31. The Kier molecular flexibility index (Phi) is 6.47. The van der Waals surface area contributed by atoms with Crippen LogP contribution in [0.1, 0.15) is 19.4 Å². The summed E-state index contributed by atoms with van der Waals surface area (Å²) in [6, 6.07) is 4.17. The van der Waals surface area contributed by atoms with E-state index in [-0.39, 0.29) is 11.5 Å². The molecular formula is C15H17F3N6O3. The standard InChI is InChI=1S/C15H17F3N6O3/c1-9-7-24(13(8-25)21-20-9)23-22-14(26)19-10(2)11-3-5-12(6-4-11)27-15(16,17)18/h3-6,8,13,21,23H,7H2,1-2H3,(H,22,26)/b19-10+. The summed E-state index contributed by atoms with van der Waals surface area (Å²) in [4.78, 5) is 26.6. The second-order valence-electron chi connectivity index (χ2n) is 5.50. The molecule has 1 aliphatic heterocycles. The molecular weight excluding hydrogens is 369 g/mol. The largest absolute Gasteiger partial charge is 0.573 e. The molecule has 0 fully saturated rings. The summed E-state index contributed by atoms with van der Waals surface area (Å²) >= 11 is 0. The molecule has 0 saturated carbocycles. The predicted molar refractivity (Wildman–Crippen MR) is 89.8 cm³/mol. The normalized spacial score (nSPS) is 18.3. The highest BCUT2D eigenvalue weighted by molar-refractivity contribution is 6.04. The van der Waals surface area contributed by atoms with Crippen LogP contribution in [0.5, 0.6) is 5.75 Å². The monoisotopic (exact) mass is 386 g/mol. The maximum absolute atomic E-state index is 12.1. The summed E-state index contributed by atoms with van der Waals surface area (Å²) in [6.07, 6.45) is -4.93. The minimum atomic E-state index is -4.78. The van der Waals surface area contributed by atoms with Crippen molar-refractivity contribution in [2.75, 3.05) is 6.54 Å². The van der Waals surface area contributed by atoms with Gasteiger partial charge in [0.2, 0.25) is 0 Å². The predicted octanol–water partition coefficient (Wildman–Crippen LogP) is 1.33. The average Bonchev–Trinajstić information content (AvgIpc) is 2.59. The number of amides is 2. The lowest BCUT2D eigenvalue weighted by molar-refractivity contribution is -0.274. The number of carbonyl (C=O) groups excluding carboxylic acids is 2. The number of aliphatic imine (C=N–C) groups is 1. The van der Waals surface area contributed by atoms with Gasteiger partial charge in [0.25, 0.3) is 0 Å². The summed E-state index contributed by atoms with van der Waals surface area (Å²) < 4.78 is 40.2. The number of hydrogen-bond donors (Lipinski definition) is 3. The van der Waals surface area contributed by atoms with E-state index in [1.165, 1.54) is 24.1 Å². The Labute approximate surface area is 152 Å². The van der Waals surface area contributed by atoms with Crippen LogP contribution in [0, 0.1) is 0 Å². The second kappa shape index (κ2) is 8.60. The molecule has 1 aromatic carbocycles. The Morgan fingerprint density at radius 3 is 2.67 bits per heavy atom. The van der Waals surface area contributed by atoms with Crippen LogP contribution in [0.4, 0.5) is 18.0 Å². The number of nitrogens with one attached hydrogen (secondary N) is 3. The maximum atomic E-state index is 12.1. The first-order valence-corrected chi connectivity index (χ1v) is 7.65. The van der Waals surface area contributed by atoms with Crippen molar-refractivity contribution >= 4 is 23.7 Å². The lowest BCUT2D eigenvalue weighted by Gasteiger charge is -2.31. The van der Waals surface area contributed by atoms with Crippen molar-refractivity contribution in [3.63, 3.8) is 0 Å². The summed E-state index contributed by atoms with van der Waals surface area (Å²) in [5, 5.41) is 5.31. The molecule has 27 heavy (non-hydrogen) atoms. The number of nitrogens with zero attached hydrogens (tertiary/aromatic N) is 3. The molecule has 0 spiro atoms. The third kappa shape index (κ3) is 6.34. The fourth-order valence-corrected chi connectivity index (χ4v) is 2.10. The Morgan fingerprint density at radius 2 is 2.07 bits per heavy atom. The molecule has 1 heterocycles. The van der Waals surface area contributed by atoms with Crippen LogP contribution >= 0.6 is 0 Å². The Hall–Kier alpha value is -2.99. The molecule has 1 aliphatic rings. The zero-order valence-electron chi connectivity index (χ0n) is 14.4. The van der Waals surface area contributed by atoms with Crippen LogP contribution in [0.15, 0.2) is 34.4 Å². The highest BCUT2D eigenvalue weighted by atomic mass is 19.4. The first-order valence-electron chi connectivity index (χ1n) is 7.65. The summed E-state index contributed by atoms with van der Waals surface area (Å²) in [7, 11) is 0. The van der Waals surface area contributed by atoms with E-state index in [1.807, 2.05) is 0 Å². The molecule has 2 rings (SSSR count). The van der Waals surface area contributed by atoms with Gasteiger partial charge in [-0.1, -0.05) is 0 Å².